The van der Waals surface area contributed by atoms with Gasteiger partial charge in [-0.05, 0) is 6.08 Å². The lowest BCUT2D eigenvalue weighted by Crippen LogP contribution is -1.47. The maximum absolute atomic E-state index is 3.84. The molecule has 0 saturated heterocycles. The van der Waals surface area contributed by atoms with Crippen molar-refractivity contribution >= 4 is 12.6 Å². The summed E-state index contributed by atoms with van der Waals surface area (Å²) in [7, 11) is 0. The lowest BCUT2D eigenvalue weighted by molar-refractivity contribution is 1.83. The van der Waals surface area contributed by atoms with Crippen LogP contribution in [0.2, 0.25) is 0 Å². The van der Waals surface area contributed by atoms with Crippen LogP contribution in [0.3, 0.4) is 0 Å². The molecule has 0 unspecified atom stereocenters. The van der Waals surface area contributed by atoms with Gasteiger partial charge < -0.3 is 0 Å². The van der Waals surface area contributed by atoms with Gasteiger partial charge in [0.25, 0.3) is 0 Å². The van der Waals surface area contributed by atoms with Gasteiger partial charge in [0, 0.05) is 5.75 Å². The van der Waals surface area contributed by atoms with Crippen molar-refractivity contribution in [1.82, 2.24) is 0 Å². The molecule has 0 heterocycles. The van der Waals surface area contributed by atoms with E-state index in [2.05, 4.69) is 24.9 Å². The van der Waals surface area contributed by atoms with Crippen molar-refractivity contribution in [3.8, 4) is 0 Å². The van der Waals surface area contributed by atoms with Gasteiger partial charge in [-0.2, -0.15) is 12.6 Å². The largest absolute Gasteiger partial charge is 0.175 e. The van der Waals surface area contributed by atoms with Gasteiger partial charge in [0.2, 0.25) is 0 Å². The van der Waals surface area contributed by atoms with Crippen LogP contribution in [0.15, 0.2) is 18.4 Å². The highest BCUT2D eigenvalue weighted by atomic mass is 32.1. The minimum Gasteiger partial charge on any atom is -0.175 e. The molecule has 0 fully saturated rings. The third-order valence-corrected chi connectivity index (χ3v) is 0.418. The Bertz CT molecular complexity index is 50.7. The van der Waals surface area contributed by atoms with Crippen molar-refractivity contribution < 1.29 is 0 Å². The zero-order valence-electron chi connectivity index (χ0n) is 2.94. The second-order valence-corrected chi connectivity index (χ2v) is 0.956. The van der Waals surface area contributed by atoms with Crippen LogP contribution in [0.1, 0.15) is 0 Å². The van der Waals surface area contributed by atoms with Gasteiger partial charge in [0.15, 0.2) is 0 Å². The number of hydrogen-bond donors (Lipinski definition) is 1. The van der Waals surface area contributed by atoms with E-state index in [1.807, 2.05) is 0 Å². The maximum atomic E-state index is 3.84. The smallest absolute Gasteiger partial charge is 0.0158 e. The van der Waals surface area contributed by atoms with Crippen molar-refractivity contribution in [2.45, 2.75) is 0 Å². The highest BCUT2D eigenvalue weighted by molar-refractivity contribution is 7.80. The summed E-state index contributed by atoms with van der Waals surface area (Å²) in [6.07, 6.45) is 1.75. The molecule has 0 amide bonds. The molecule has 0 atom stereocenters. The third kappa shape index (κ3) is 3.87. The first kappa shape index (κ1) is 4.87. The normalized spacial score (nSPS) is 5.80. The van der Waals surface area contributed by atoms with Crippen molar-refractivity contribution in [1.29, 1.82) is 0 Å². The van der Waals surface area contributed by atoms with E-state index in [1.54, 1.807) is 6.08 Å². The molecular formula is C4H6S. The Morgan fingerprint density at radius 2 is 2.60 bits per heavy atom. The third-order valence-electron chi connectivity index (χ3n) is 0.236. The molecule has 0 spiro atoms. The minimum absolute atomic E-state index is 0.740. The molecule has 0 aliphatic heterocycles. The summed E-state index contributed by atoms with van der Waals surface area (Å²) in [5, 5.41) is 0. The molecule has 0 aromatic heterocycles. The van der Waals surface area contributed by atoms with Gasteiger partial charge in [0.1, 0.15) is 0 Å². The Kier molecular flexibility index (Phi) is 3.77. The topological polar surface area (TPSA) is 0 Å². The molecule has 0 aromatic rings. The summed E-state index contributed by atoms with van der Waals surface area (Å²) in [4.78, 5) is 0. The average Bonchev–Trinajstić information content (AvgIpc) is 1.41. The van der Waals surface area contributed by atoms with E-state index in [9.17, 15) is 0 Å². The zero-order valence-corrected chi connectivity index (χ0v) is 3.83. The molecule has 0 radical (unpaired) electrons. The number of thiol groups is 1. The van der Waals surface area contributed by atoms with Crippen LogP contribution in [-0.4, -0.2) is 5.75 Å². The Balaban J connectivity index is 2.93. The molecule has 0 aliphatic rings. The number of rotatable bonds is 1. The van der Waals surface area contributed by atoms with Crippen LogP contribution >= 0.6 is 12.6 Å². The monoisotopic (exact) mass is 86.0 g/mol. The van der Waals surface area contributed by atoms with Gasteiger partial charge in [-0.1, -0.05) is 6.58 Å². The standard InChI is InChI=1S/C4H6S/c1-2-3-4-5/h3,5H,1,4H2. The first-order valence-corrected chi connectivity index (χ1v) is 2.00. The molecule has 0 nitrogen and oxygen atoms in total. The van der Waals surface area contributed by atoms with Crippen molar-refractivity contribution in [3.05, 3.63) is 18.4 Å². The Hall–Kier alpha value is -0.130. The lowest BCUT2D eigenvalue weighted by Gasteiger charge is -1.59. The van der Waals surface area contributed by atoms with Gasteiger partial charge in [-0.15, -0.1) is 5.73 Å². The van der Waals surface area contributed by atoms with E-state index < -0.39 is 0 Å². The van der Waals surface area contributed by atoms with Crippen LogP contribution in [0.4, 0.5) is 0 Å². The predicted octanol–water partition coefficient (Wildman–Crippen LogP) is 1.26. The van der Waals surface area contributed by atoms with E-state index in [1.165, 1.54) is 0 Å². The Morgan fingerprint density at radius 3 is 2.60 bits per heavy atom. The van der Waals surface area contributed by atoms with Crippen molar-refractivity contribution in [2.24, 2.45) is 0 Å². The fourth-order valence-electron chi connectivity index (χ4n) is 0.0645. The van der Waals surface area contributed by atoms with Crippen LogP contribution in [0, 0.1) is 0 Å². The summed E-state index contributed by atoms with van der Waals surface area (Å²) in [6, 6.07) is 0. The molecule has 1 heteroatoms. The van der Waals surface area contributed by atoms with E-state index in [0.717, 1.165) is 5.75 Å². The Labute approximate surface area is 37.6 Å². The molecule has 0 rings (SSSR count). The molecule has 0 N–H and O–H groups in total. The minimum atomic E-state index is 0.740. The fourth-order valence-corrected chi connectivity index (χ4v) is 0.194. The van der Waals surface area contributed by atoms with Crippen LogP contribution in [-0.2, 0) is 0 Å². The van der Waals surface area contributed by atoms with Crippen molar-refractivity contribution in [3.63, 3.8) is 0 Å². The van der Waals surface area contributed by atoms with Crippen LogP contribution < -0.4 is 0 Å². The van der Waals surface area contributed by atoms with Gasteiger partial charge >= 0.3 is 0 Å². The quantitative estimate of drug-likeness (QED) is 0.360. The highest BCUT2D eigenvalue weighted by Crippen LogP contribution is 1.68. The SMILES string of the molecule is C=C=CCS. The van der Waals surface area contributed by atoms with Gasteiger partial charge in [-0.25, -0.2) is 0 Å². The lowest BCUT2D eigenvalue weighted by atomic mass is 10.7. The molecule has 0 aliphatic carbocycles. The van der Waals surface area contributed by atoms with Gasteiger partial charge in [0.05, 0.1) is 0 Å². The summed E-state index contributed by atoms with van der Waals surface area (Å²) in [5.41, 5.74) is 2.57. The predicted molar refractivity (Wildman–Crippen MR) is 27.6 cm³/mol. The Morgan fingerprint density at radius 1 is 2.00 bits per heavy atom. The first-order chi connectivity index (χ1) is 2.41. The maximum Gasteiger partial charge on any atom is 0.0158 e. The highest BCUT2D eigenvalue weighted by Gasteiger charge is 1.49. The van der Waals surface area contributed by atoms with Crippen LogP contribution in [0.5, 0.6) is 0 Å². The second-order valence-electron chi connectivity index (χ2n) is 0.591. The summed E-state index contributed by atoms with van der Waals surface area (Å²) >= 11 is 3.84. The van der Waals surface area contributed by atoms with E-state index in [-0.39, 0.29) is 0 Å². The van der Waals surface area contributed by atoms with E-state index in [4.69, 9.17) is 0 Å². The zero-order chi connectivity index (χ0) is 4.12. The second kappa shape index (κ2) is 3.87. The summed E-state index contributed by atoms with van der Waals surface area (Å²) < 4.78 is 0. The van der Waals surface area contributed by atoms with E-state index in [0.29, 0.717) is 0 Å². The van der Waals surface area contributed by atoms with Crippen LogP contribution in [0.25, 0.3) is 0 Å². The summed E-state index contributed by atoms with van der Waals surface area (Å²) in [5.74, 6) is 0.740. The molecule has 0 aromatic carbocycles. The van der Waals surface area contributed by atoms with E-state index >= 15 is 0 Å². The fraction of sp³-hybridized carbons (Fsp3) is 0.250. The number of hydrogen-bond acceptors (Lipinski definition) is 1. The molecule has 5 heavy (non-hydrogen) atoms. The average molecular weight is 86.2 g/mol. The summed E-state index contributed by atoms with van der Waals surface area (Å²) in [6.45, 7) is 3.32. The molecule has 28 valence electrons. The van der Waals surface area contributed by atoms with Crippen molar-refractivity contribution in [2.75, 3.05) is 5.75 Å². The van der Waals surface area contributed by atoms with Gasteiger partial charge in [-0.3, -0.25) is 0 Å². The molecular weight excluding hydrogens is 80.1 g/mol. The first-order valence-electron chi connectivity index (χ1n) is 1.37. The molecule has 0 saturated carbocycles. The molecule has 0 bridgehead atoms.